The topological polar surface area (TPSA) is 80.2 Å². The first-order chi connectivity index (χ1) is 11.9. The molecule has 6 heteroatoms. The predicted octanol–water partition coefficient (Wildman–Crippen LogP) is 3.51. The van der Waals surface area contributed by atoms with E-state index >= 15 is 0 Å². The highest BCUT2D eigenvalue weighted by molar-refractivity contribution is 5.84. The summed E-state index contributed by atoms with van der Waals surface area (Å²) in [6.45, 7) is 7.73. The zero-order valence-electron chi connectivity index (χ0n) is 15.2. The van der Waals surface area contributed by atoms with Crippen molar-refractivity contribution >= 4 is 16.9 Å². The third-order valence-electron chi connectivity index (χ3n) is 4.57. The van der Waals surface area contributed by atoms with Gasteiger partial charge >= 0.3 is 0 Å². The third-order valence-corrected chi connectivity index (χ3v) is 4.57. The summed E-state index contributed by atoms with van der Waals surface area (Å²) in [5, 5.41) is 11.0. The van der Waals surface area contributed by atoms with Crippen molar-refractivity contribution in [1.29, 1.82) is 0 Å². The van der Waals surface area contributed by atoms with E-state index in [0.717, 1.165) is 45.0 Å². The molecule has 2 heterocycles. The van der Waals surface area contributed by atoms with Gasteiger partial charge in [0.1, 0.15) is 17.1 Å². The van der Waals surface area contributed by atoms with Gasteiger partial charge in [-0.15, -0.1) is 0 Å². The Balaban J connectivity index is 1.79. The van der Waals surface area contributed by atoms with E-state index in [4.69, 9.17) is 9.15 Å². The Bertz CT molecular complexity index is 904. The number of nitrogens with one attached hydrogen (secondary N) is 2. The fourth-order valence-corrected chi connectivity index (χ4v) is 3.11. The van der Waals surface area contributed by atoms with Crippen LogP contribution in [0.25, 0.3) is 11.0 Å². The highest BCUT2D eigenvalue weighted by Crippen LogP contribution is 2.31. The van der Waals surface area contributed by atoms with Gasteiger partial charge in [0.25, 0.3) is 0 Å². The van der Waals surface area contributed by atoms with Crippen LogP contribution in [0, 0.1) is 20.8 Å². The zero-order valence-corrected chi connectivity index (χ0v) is 15.2. The van der Waals surface area contributed by atoms with Crippen molar-refractivity contribution in [3.05, 3.63) is 46.5 Å². The number of furan rings is 1. The first-order valence-electron chi connectivity index (χ1n) is 8.27. The molecular formula is C19H23N3O3. The Morgan fingerprint density at radius 1 is 1.36 bits per heavy atom. The number of fused-ring (bicyclic) bond motifs is 1. The maximum atomic E-state index is 12.4. The van der Waals surface area contributed by atoms with E-state index in [1.807, 2.05) is 45.9 Å². The number of aryl methyl sites for hydroxylation is 3. The number of carbonyl (C=O) groups is 1. The molecule has 3 aromatic rings. The maximum absolute atomic E-state index is 12.4. The summed E-state index contributed by atoms with van der Waals surface area (Å²) in [6.07, 6.45) is 0.297. The molecule has 0 saturated carbocycles. The molecule has 25 heavy (non-hydrogen) atoms. The second kappa shape index (κ2) is 6.63. The summed E-state index contributed by atoms with van der Waals surface area (Å²) in [6, 6.07) is 5.48. The standard InChI is InChI=1S/C19H23N3O3/c1-10-15-8-14(24-5)6-7-17(15)25-19(10)13(4)20-18(23)9-16-11(2)21-22-12(16)3/h6-8,13H,9H2,1-5H3,(H,20,23)(H,21,22). The van der Waals surface area contributed by atoms with Crippen LogP contribution in [0.3, 0.4) is 0 Å². The number of rotatable bonds is 5. The summed E-state index contributed by atoms with van der Waals surface area (Å²) < 4.78 is 11.2. The normalized spacial score (nSPS) is 12.4. The molecule has 0 aliphatic rings. The zero-order chi connectivity index (χ0) is 18.1. The van der Waals surface area contributed by atoms with E-state index in [0.29, 0.717) is 6.42 Å². The molecule has 0 aliphatic heterocycles. The summed E-state index contributed by atoms with van der Waals surface area (Å²) in [4.78, 5) is 12.4. The van der Waals surface area contributed by atoms with Crippen LogP contribution in [0.4, 0.5) is 0 Å². The number of ether oxygens (including phenoxy) is 1. The Morgan fingerprint density at radius 3 is 2.76 bits per heavy atom. The Morgan fingerprint density at radius 2 is 2.12 bits per heavy atom. The lowest BCUT2D eigenvalue weighted by Crippen LogP contribution is -2.28. The van der Waals surface area contributed by atoms with Gasteiger partial charge < -0.3 is 14.5 Å². The third kappa shape index (κ3) is 3.24. The van der Waals surface area contributed by atoms with Crippen LogP contribution in [0.1, 0.15) is 41.2 Å². The van der Waals surface area contributed by atoms with Crippen LogP contribution in [0.2, 0.25) is 0 Å². The number of hydrogen-bond donors (Lipinski definition) is 2. The van der Waals surface area contributed by atoms with Gasteiger partial charge in [-0.1, -0.05) is 0 Å². The van der Waals surface area contributed by atoms with Crippen LogP contribution < -0.4 is 10.1 Å². The molecule has 1 amide bonds. The molecule has 0 aliphatic carbocycles. The van der Waals surface area contributed by atoms with Crippen molar-refractivity contribution in [2.45, 2.75) is 40.2 Å². The lowest BCUT2D eigenvalue weighted by Gasteiger charge is -2.12. The fraction of sp³-hybridized carbons (Fsp3) is 0.368. The number of carbonyl (C=O) groups excluding carboxylic acids is 1. The van der Waals surface area contributed by atoms with Crippen LogP contribution in [0.5, 0.6) is 5.75 Å². The summed E-state index contributed by atoms with van der Waals surface area (Å²) in [7, 11) is 1.64. The Kier molecular flexibility index (Phi) is 4.53. The van der Waals surface area contributed by atoms with E-state index < -0.39 is 0 Å². The second-order valence-electron chi connectivity index (χ2n) is 6.33. The average Bonchev–Trinajstić information content (AvgIpc) is 3.08. The first-order valence-corrected chi connectivity index (χ1v) is 8.27. The molecule has 0 radical (unpaired) electrons. The molecule has 0 spiro atoms. The molecule has 6 nitrogen and oxygen atoms in total. The summed E-state index contributed by atoms with van der Waals surface area (Å²) in [5.41, 5.74) is 4.52. The minimum Gasteiger partial charge on any atom is -0.497 e. The smallest absolute Gasteiger partial charge is 0.225 e. The Hall–Kier alpha value is -2.76. The monoisotopic (exact) mass is 341 g/mol. The summed E-state index contributed by atoms with van der Waals surface area (Å²) in [5.74, 6) is 1.49. The van der Waals surface area contributed by atoms with Gasteiger partial charge in [-0.05, 0) is 45.9 Å². The van der Waals surface area contributed by atoms with E-state index in [2.05, 4.69) is 15.5 Å². The van der Waals surface area contributed by atoms with E-state index in [9.17, 15) is 4.79 Å². The quantitative estimate of drug-likeness (QED) is 0.744. The van der Waals surface area contributed by atoms with Crippen molar-refractivity contribution < 1.29 is 13.9 Å². The van der Waals surface area contributed by atoms with Gasteiger partial charge in [-0.3, -0.25) is 9.89 Å². The first kappa shape index (κ1) is 17.1. The van der Waals surface area contributed by atoms with Gasteiger partial charge in [0, 0.05) is 22.2 Å². The van der Waals surface area contributed by atoms with Gasteiger partial charge in [0.2, 0.25) is 5.91 Å². The van der Waals surface area contributed by atoms with Crippen molar-refractivity contribution in [3.63, 3.8) is 0 Å². The van der Waals surface area contributed by atoms with Crippen LogP contribution in [-0.2, 0) is 11.2 Å². The molecule has 0 bridgehead atoms. The number of H-pyrrole nitrogens is 1. The molecule has 1 unspecified atom stereocenters. The van der Waals surface area contributed by atoms with Gasteiger partial charge in [-0.2, -0.15) is 5.10 Å². The Labute approximate surface area is 146 Å². The maximum Gasteiger partial charge on any atom is 0.225 e. The van der Waals surface area contributed by atoms with E-state index in [1.165, 1.54) is 0 Å². The number of hydrogen-bond acceptors (Lipinski definition) is 4. The minimum atomic E-state index is -0.224. The number of aromatic amines is 1. The van der Waals surface area contributed by atoms with Crippen molar-refractivity contribution in [2.24, 2.45) is 0 Å². The lowest BCUT2D eigenvalue weighted by molar-refractivity contribution is -0.121. The minimum absolute atomic E-state index is 0.0578. The fourth-order valence-electron chi connectivity index (χ4n) is 3.11. The van der Waals surface area contributed by atoms with Crippen LogP contribution in [0.15, 0.2) is 22.6 Å². The number of amides is 1. The molecule has 3 rings (SSSR count). The highest BCUT2D eigenvalue weighted by atomic mass is 16.5. The molecule has 0 fully saturated rings. The van der Waals surface area contributed by atoms with E-state index in [-0.39, 0.29) is 11.9 Å². The second-order valence-corrected chi connectivity index (χ2v) is 6.33. The average molecular weight is 341 g/mol. The molecule has 0 saturated heterocycles. The molecule has 132 valence electrons. The largest absolute Gasteiger partial charge is 0.497 e. The van der Waals surface area contributed by atoms with Crippen molar-refractivity contribution in [3.8, 4) is 5.75 Å². The van der Waals surface area contributed by atoms with Crippen molar-refractivity contribution in [2.75, 3.05) is 7.11 Å². The number of methoxy groups -OCH3 is 1. The predicted molar refractivity (Wildman–Crippen MR) is 95.8 cm³/mol. The summed E-state index contributed by atoms with van der Waals surface area (Å²) >= 11 is 0. The number of benzene rings is 1. The molecular weight excluding hydrogens is 318 g/mol. The molecule has 1 aromatic carbocycles. The van der Waals surface area contributed by atoms with Gasteiger partial charge in [0.05, 0.1) is 25.3 Å². The molecule has 1 atom stereocenters. The number of aromatic nitrogens is 2. The molecule has 2 N–H and O–H groups in total. The van der Waals surface area contributed by atoms with Crippen molar-refractivity contribution in [1.82, 2.24) is 15.5 Å². The van der Waals surface area contributed by atoms with E-state index in [1.54, 1.807) is 7.11 Å². The van der Waals surface area contributed by atoms with Gasteiger partial charge in [-0.25, -0.2) is 0 Å². The van der Waals surface area contributed by atoms with Gasteiger partial charge in [0.15, 0.2) is 0 Å². The lowest BCUT2D eigenvalue weighted by atomic mass is 10.1. The van der Waals surface area contributed by atoms with Crippen LogP contribution >= 0.6 is 0 Å². The number of nitrogens with zero attached hydrogens (tertiary/aromatic N) is 1. The van der Waals surface area contributed by atoms with Crippen LogP contribution in [-0.4, -0.2) is 23.2 Å². The highest BCUT2D eigenvalue weighted by Gasteiger charge is 2.20. The SMILES string of the molecule is COc1ccc2oc(C(C)NC(=O)Cc3c(C)n[nH]c3C)c(C)c2c1. The molecule has 2 aromatic heterocycles.